The summed E-state index contributed by atoms with van der Waals surface area (Å²) >= 11 is 0. The third-order valence-corrected chi connectivity index (χ3v) is 4.08. The molecule has 0 saturated carbocycles. The van der Waals surface area contributed by atoms with Crippen molar-refractivity contribution in [3.8, 4) is 0 Å². The van der Waals surface area contributed by atoms with Crippen LogP contribution in [-0.2, 0) is 13.0 Å². The van der Waals surface area contributed by atoms with Gasteiger partial charge in [-0.3, -0.25) is 0 Å². The summed E-state index contributed by atoms with van der Waals surface area (Å²) in [7, 11) is 0. The van der Waals surface area contributed by atoms with Crippen LogP contribution >= 0.6 is 0 Å². The van der Waals surface area contributed by atoms with Gasteiger partial charge in [-0.1, -0.05) is 20.8 Å². The van der Waals surface area contributed by atoms with E-state index in [2.05, 4.69) is 36.3 Å². The number of rotatable bonds is 8. The first-order chi connectivity index (χ1) is 10.2. The molecule has 2 aromatic rings. The number of nitrogens with zero attached hydrogens (tertiary/aromatic N) is 3. The maximum atomic E-state index is 5.88. The fourth-order valence-corrected chi connectivity index (χ4v) is 2.85. The number of fused-ring (bicyclic) bond motifs is 1. The van der Waals surface area contributed by atoms with Crippen LogP contribution in [-0.4, -0.2) is 34.1 Å². The second-order valence-electron chi connectivity index (χ2n) is 5.56. The lowest BCUT2D eigenvalue weighted by molar-refractivity contribution is 0.293. The van der Waals surface area contributed by atoms with E-state index in [9.17, 15) is 0 Å². The summed E-state index contributed by atoms with van der Waals surface area (Å²) < 4.78 is 2.38. The van der Waals surface area contributed by atoms with Gasteiger partial charge in [-0.05, 0) is 50.7 Å². The maximum absolute atomic E-state index is 5.88. The number of hydrogen-bond donors (Lipinski definition) is 1. The lowest BCUT2D eigenvalue weighted by Crippen LogP contribution is -2.25. The van der Waals surface area contributed by atoms with E-state index in [1.165, 1.54) is 11.3 Å². The molecular formula is C17H28N4. The Morgan fingerprint density at radius 2 is 1.95 bits per heavy atom. The Morgan fingerprint density at radius 1 is 1.19 bits per heavy atom. The molecule has 4 heteroatoms. The quantitative estimate of drug-likeness (QED) is 0.758. The summed E-state index contributed by atoms with van der Waals surface area (Å²) in [6.45, 7) is 11.1. The van der Waals surface area contributed by atoms with Crippen molar-refractivity contribution in [2.45, 2.75) is 46.6 Å². The van der Waals surface area contributed by atoms with Crippen molar-refractivity contribution in [2.24, 2.45) is 0 Å². The number of imidazole rings is 1. The molecule has 0 saturated heterocycles. The van der Waals surface area contributed by atoms with E-state index < -0.39 is 0 Å². The van der Waals surface area contributed by atoms with Gasteiger partial charge in [0.05, 0.1) is 11.0 Å². The van der Waals surface area contributed by atoms with E-state index in [0.717, 1.165) is 56.6 Å². The van der Waals surface area contributed by atoms with Gasteiger partial charge < -0.3 is 15.2 Å². The van der Waals surface area contributed by atoms with Gasteiger partial charge >= 0.3 is 0 Å². The highest BCUT2D eigenvalue weighted by molar-refractivity contribution is 5.79. The Kier molecular flexibility index (Phi) is 5.62. The van der Waals surface area contributed by atoms with E-state index in [1.807, 2.05) is 12.1 Å². The lowest BCUT2D eigenvalue weighted by Gasteiger charge is -2.18. The topological polar surface area (TPSA) is 47.1 Å². The molecule has 0 atom stereocenters. The van der Waals surface area contributed by atoms with Gasteiger partial charge in [0.2, 0.25) is 0 Å². The van der Waals surface area contributed by atoms with Gasteiger partial charge in [0.15, 0.2) is 0 Å². The van der Waals surface area contributed by atoms with Crippen LogP contribution in [0.3, 0.4) is 0 Å². The third-order valence-electron chi connectivity index (χ3n) is 4.08. The maximum Gasteiger partial charge on any atom is 0.109 e. The van der Waals surface area contributed by atoms with Gasteiger partial charge in [0, 0.05) is 18.7 Å². The second-order valence-corrected chi connectivity index (χ2v) is 5.56. The average Bonchev–Trinajstić information content (AvgIpc) is 2.81. The van der Waals surface area contributed by atoms with Crippen molar-refractivity contribution >= 4 is 16.7 Å². The Morgan fingerprint density at radius 3 is 2.62 bits per heavy atom. The van der Waals surface area contributed by atoms with Crippen molar-refractivity contribution in [3.63, 3.8) is 0 Å². The van der Waals surface area contributed by atoms with Crippen LogP contribution in [0.25, 0.3) is 11.0 Å². The van der Waals surface area contributed by atoms with Crippen LogP contribution in [0, 0.1) is 0 Å². The molecule has 4 nitrogen and oxygen atoms in total. The number of nitrogens with two attached hydrogens (primary N) is 1. The highest BCUT2D eigenvalue weighted by Gasteiger charge is 2.10. The van der Waals surface area contributed by atoms with Crippen LogP contribution in [0.1, 0.15) is 39.4 Å². The number of aromatic nitrogens is 2. The molecule has 0 aliphatic rings. The number of nitrogen functional groups attached to an aromatic ring is 1. The van der Waals surface area contributed by atoms with Crippen molar-refractivity contribution in [3.05, 3.63) is 24.0 Å². The molecule has 21 heavy (non-hydrogen) atoms. The molecule has 0 unspecified atom stereocenters. The molecule has 1 aromatic carbocycles. The molecule has 0 aliphatic heterocycles. The van der Waals surface area contributed by atoms with Crippen molar-refractivity contribution in [1.82, 2.24) is 14.5 Å². The summed E-state index contributed by atoms with van der Waals surface area (Å²) in [5.41, 5.74) is 8.91. The first-order valence-corrected chi connectivity index (χ1v) is 8.16. The molecule has 0 spiro atoms. The zero-order valence-corrected chi connectivity index (χ0v) is 13.6. The molecule has 116 valence electrons. The summed E-state index contributed by atoms with van der Waals surface area (Å²) in [5, 5.41) is 0. The van der Waals surface area contributed by atoms with Crippen LogP contribution in [0.15, 0.2) is 18.2 Å². The van der Waals surface area contributed by atoms with Gasteiger partial charge in [-0.15, -0.1) is 0 Å². The standard InChI is InChI=1S/C17H28N4/c1-4-8-17-19-15-13-14(18)9-10-16(15)21(17)12-7-11-20(5-2)6-3/h9-10,13H,4-8,11-12,18H2,1-3H3. The van der Waals surface area contributed by atoms with E-state index in [4.69, 9.17) is 10.7 Å². The molecule has 0 bridgehead atoms. The summed E-state index contributed by atoms with van der Waals surface area (Å²) in [4.78, 5) is 7.24. The normalized spacial score (nSPS) is 11.6. The highest BCUT2D eigenvalue weighted by atomic mass is 15.1. The molecule has 2 rings (SSSR count). The van der Waals surface area contributed by atoms with Crippen LogP contribution < -0.4 is 5.73 Å². The Bertz CT molecular complexity index is 569. The minimum absolute atomic E-state index is 0.790. The first-order valence-electron chi connectivity index (χ1n) is 8.16. The third kappa shape index (κ3) is 3.76. The fraction of sp³-hybridized carbons (Fsp3) is 0.588. The summed E-state index contributed by atoms with van der Waals surface area (Å²) in [6, 6.07) is 6.06. The monoisotopic (exact) mass is 288 g/mol. The molecular weight excluding hydrogens is 260 g/mol. The van der Waals surface area contributed by atoms with Gasteiger partial charge in [-0.2, -0.15) is 0 Å². The Labute approximate surface area is 128 Å². The number of anilines is 1. The molecule has 0 amide bonds. The van der Waals surface area contributed by atoms with Gasteiger partial charge in [-0.25, -0.2) is 4.98 Å². The number of aryl methyl sites for hydroxylation is 2. The van der Waals surface area contributed by atoms with E-state index >= 15 is 0 Å². The van der Waals surface area contributed by atoms with Crippen LogP contribution in [0.5, 0.6) is 0 Å². The van der Waals surface area contributed by atoms with Gasteiger partial charge in [0.25, 0.3) is 0 Å². The minimum atomic E-state index is 0.790. The molecule has 0 fully saturated rings. The molecule has 1 aromatic heterocycles. The molecule has 1 heterocycles. The average molecular weight is 288 g/mol. The van der Waals surface area contributed by atoms with E-state index in [-0.39, 0.29) is 0 Å². The second kappa shape index (κ2) is 7.46. The van der Waals surface area contributed by atoms with E-state index in [1.54, 1.807) is 0 Å². The predicted molar refractivity (Wildman–Crippen MR) is 90.5 cm³/mol. The van der Waals surface area contributed by atoms with Crippen molar-refractivity contribution in [1.29, 1.82) is 0 Å². The SMILES string of the molecule is CCCc1nc2cc(N)ccc2n1CCCN(CC)CC. The van der Waals surface area contributed by atoms with Crippen molar-refractivity contribution in [2.75, 3.05) is 25.4 Å². The zero-order valence-electron chi connectivity index (χ0n) is 13.6. The van der Waals surface area contributed by atoms with Crippen LogP contribution in [0.2, 0.25) is 0 Å². The Hall–Kier alpha value is -1.55. The molecule has 0 radical (unpaired) electrons. The summed E-state index contributed by atoms with van der Waals surface area (Å²) in [6.07, 6.45) is 3.31. The summed E-state index contributed by atoms with van der Waals surface area (Å²) in [5.74, 6) is 1.19. The largest absolute Gasteiger partial charge is 0.399 e. The first kappa shape index (κ1) is 15.8. The molecule has 2 N–H and O–H groups in total. The van der Waals surface area contributed by atoms with Crippen molar-refractivity contribution < 1.29 is 0 Å². The lowest BCUT2D eigenvalue weighted by atomic mass is 10.2. The van der Waals surface area contributed by atoms with Crippen LogP contribution in [0.4, 0.5) is 5.69 Å². The minimum Gasteiger partial charge on any atom is -0.399 e. The molecule has 0 aliphatic carbocycles. The fourth-order valence-electron chi connectivity index (χ4n) is 2.85. The van der Waals surface area contributed by atoms with Gasteiger partial charge in [0.1, 0.15) is 5.82 Å². The predicted octanol–water partition coefficient (Wildman–Crippen LogP) is 3.30. The number of hydrogen-bond acceptors (Lipinski definition) is 3. The number of benzene rings is 1. The zero-order chi connectivity index (χ0) is 15.2. The van der Waals surface area contributed by atoms with E-state index in [0.29, 0.717) is 0 Å². The highest BCUT2D eigenvalue weighted by Crippen LogP contribution is 2.20. The Balaban J connectivity index is 2.18. The smallest absolute Gasteiger partial charge is 0.109 e.